The minimum Gasteiger partial charge on any atom is -0.324 e. The molecule has 8 heteroatoms. The molecular formula is C24H29ClN4O2S. The number of anilines is 1. The van der Waals surface area contributed by atoms with Gasteiger partial charge >= 0.3 is 0 Å². The number of thiophene rings is 1. The zero-order valence-electron chi connectivity index (χ0n) is 18.8. The molecule has 1 aliphatic rings. The number of fused-ring (bicyclic) bond motifs is 3. The van der Waals surface area contributed by atoms with Gasteiger partial charge in [0.15, 0.2) is 0 Å². The molecule has 1 aromatic carbocycles. The molecule has 0 aliphatic heterocycles. The number of amides is 1. The number of aromatic nitrogens is 2. The largest absolute Gasteiger partial charge is 0.324 e. The van der Waals surface area contributed by atoms with Gasteiger partial charge in [-0.25, -0.2) is 4.98 Å². The zero-order chi connectivity index (χ0) is 22.8. The number of nitrogens with one attached hydrogen (secondary N) is 1. The van der Waals surface area contributed by atoms with Gasteiger partial charge in [0.25, 0.3) is 5.56 Å². The zero-order valence-corrected chi connectivity index (χ0v) is 20.4. The van der Waals surface area contributed by atoms with E-state index in [4.69, 9.17) is 16.6 Å². The first-order chi connectivity index (χ1) is 15.4. The van der Waals surface area contributed by atoms with Gasteiger partial charge in [-0.15, -0.1) is 11.3 Å². The highest BCUT2D eigenvalue weighted by Gasteiger charge is 2.23. The predicted molar refractivity (Wildman–Crippen MR) is 132 cm³/mol. The summed E-state index contributed by atoms with van der Waals surface area (Å²) >= 11 is 7.75. The molecule has 170 valence electrons. The normalized spacial score (nSPS) is 13.5. The molecule has 32 heavy (non-hydrogen) atoms. The maximum atomic E-state index is 13.7. The van der Waals surface area contributed by atoms with E-state index >= 15 is 0 Å². The summed E-state index contributed by atoms with van der Waals surface area (Å²) in [6, 6.07) is 5.38. The van der Waals surface area contributed by atoms with Crippen LogP contribution in [0.5, 0.6) is 0 Å². The third-order valence-electron chi connectivity index (χ3n) is 6.19. The Balaban J connectivity index is 1.74. The highest BCUT2D eigenvalue weighted by atomic mass is 35.5. The summed E-state index contributed by atoms with van der Waals surface area (Å²) < 4.78 is 1.57. The fourth-order valence-electron chi connectivity index (χ4n) is 4.27. The molecule has 4 rings (SSSR count). The minimum atomic E-state index is -0.261. The Bertz CT molecular complexity index is 1210. The summed E-state index contributed by atoms with van der Waals surface area (Å²) in [6.07, 6.45) is 4.17. The van der Waals surface area contributed by atoms with E-state index in [2.05, 4.69) is 24.1 Å². The van der Waals surface area contributed by atoms with Crippen LogP contribution in [0.1, 0.15) is 48.5 Å². The number of benzene rings is 1. The molecule has 0 unspecified atom stereocenters. The lowest BCUT2D eigenvalue weighted by Crippen LogP contribution is -2.34. The summed E-state index contributed by atoms with van der Waals surface area (Å²) in [6.45, 7) is 8.23. The van der Waals surface area contributed by atoms with Crippen molar-refractivity contribution in [2.24, 2.45) is 0 Å². The Morgan fingerprint density at radius 2 is 2.00 bits per heavy atom. The van der Waals surface area contributed by atoms with Crippen molar-refractivity contribution in [1.82, 2.24) is 14.5 Å². The highest BCUT2D eigenvalue weighted by molar-refractivity contribution is 7.18. The number of nitrogens with zero attached hydrogens (tertiary/aromatic N) is 3. The van der Waals surface area contributed by atoms with Gasteiger partial charge in [-0.3, -0.25) is 19.1 Å². The highest BCUT2D eigenvalue weighted by Crippen LogP contribution is 2.34. The van der Waals surface area contributed by atoms with Crippen LogP contribution in [0.4, 0.5) is 5.69 Å². The smallest absolute Gasteiger partial charge is 0.263 e. The average Bonchev–Trinajstić information content (AvgIpc) is 3.15. The monoisotopic (exact) mass is 472 g/mol. The van der Waals surface area contributed by atoms with Gasteiger partial charge in [0.2, 0.25) is 5.91 Å². The van der Waals surface area contributed by atoms with Crippen molar-refractivity contribution in [1.29, 1.82) is 0 Å². The van der Waals surface area contributed by atoms with Gasteiger partial charge in [0.1, 0.15) is 17.2 Å². The summed E-state index contributed by atoms with van der Waals surface area (Å²) in [4.78, 5) is 35.8. The summed E-state index contributed by atoms with van der Waals surface area (Å²) in [5.41, 5.74) is 2.61. The molecule has 0 atom stereocenters. The Morgan fingerprint density at radius 1 is 1.25 bits per heavy atom. The summed E-state index contributed by atoms with van der Waals surface area (Å²) in [7, 11) is 0. The van der Waals surface area contributed by atoms with Crippen LogP contribution < -0.4 is 10.9 Å². The second-order valence-corrected chi connectivity index (χ2v) is 9.80. The number of carbonyl (C=O) groups is 1. The van der Waals surface area contributed by atoms with Gasteiger partial charge in [-0.2, -0.15) is 0 Å². The second kappa shape index (κ2) is 9.73. The van der Waals surface area contributed by atoms with E-state index in [9.17, 15) is 9.59 Å². The Morgan fingerprint density at radius 3 is 2.75 bits per heavy atom. The van der Waals surface area contributed by atoms with Crippen molar-refractivity contribution in [2.45, 2.75) is 59.5 Å². The van der Waals surface area contributed by atoms with E-state index < -0.39 is 0 Å². The maximum absolute atomic E-state index is 13.7. The number of carbonyl (C=O) groups excluding carboxylic acids is 1. The van der Waals surface area contributed by atoms with Crippen LogP contribution >= 0.6 is 22.9 Å². The van der Waals surface area contributed by atoms with Gasteiger partial charge in [-0.1, -0.05) is 31.5 Å². The first-order valence-electron chi connectivity index (χ1n) is 11.2. The molecule has 2 aromatic heterocycles. The number of rotatable bonds is 7. The van der Waals surface area contributed by atoms with Crippen LogP contribution in [0, 0.1) is 6.92 Å². The number of halogens is 1. The topological polar surface area (TPSA) is 67.2 Å². The summed E-state index contributed by atoms with van der Waals surface area (Å²) in [5, 5.41) is 4.18. The van der Waals surface area contributed by atoms with Crippen molar-refractivity contribution >= 4 is 44.7 Å². The second-order valence-electron chi connectivity index (χ2n) is 8.28. The minimum absolute atomic E-state index is 0.0745. The fourth-order valence-corrected chi connectivity index (χ4v) is 5.72. The lowest BCUT2D eigenvalue weighted by Gasteiger charge is -2.20. The molecule has 1 aliphatic carbocycles. The average molecular weight is 473 g/mol. The lowest BCUT2D eigenvalue weighted by molar-refractivity contribution is -0.116. The fraction of sp³-hybridized carbons (Fsp3) is 0.458. The first-order valence-corrected chi connectivity index (χ1v) is 12.4. The van der Waals surface area contributed by atoms with E-state index in [1.807, 2.05) is 13.0 Å². The SMILES string of the molecule is CCN(CC)Cc1nc2sc3c(c2c(=O)n1CC(=O)Nc1cc(Cl)ccc1C)CCCC3. The standard InChI is InChI=1S/C24H29ClN4O2S/c1-4-28(5-2)13-20-27-23-22(17-8-6-7-9-19(17)32-23)24(31)29(20)14-21(30)26-18-12-16(25)11-10-15(18)3/h10-12H,4-9,13-14H2,1-3H3,(H,26,30). The quantitative estimate of drug-likeness (QED) is 0.537. The number of aryl methyl sites for hydroxylation is 3. The maximum Gasteiger partial charge on any atom is 0.263 e. The molecule has 0 spiro atoms. The third-order valence-corrected chi connectivity index (χ3v) is 7.61. The first kappa shape index (κ1) is 23.0. The number of hydrogen-bond donors (Lipinski definition) is 1. The van der Waals surface area contributed by atoms with Crippen LogP contribution in [0.2, 0.25) is 5.02 Å². The molecule has 6 nitrogen and oxygen atoms in total. The molecular weight excluding hydrogens is 444 g/mol. The van der Waals surface area contributed by atoms with Crippen molar-refractivity contribution in [2.75, 3.05) is 18.4 Å². The number of hydrogen-bond acceptors (Lipinski definition) is 5. The van der Waals surface area contributed by atoms with Crippen LogP contribution in [0.15, 0.2) is 23.0 Å². The van der Waals surface area contributed by atoms with Crippen LogP contribution in [-0.2, 0) is 30.7 Å². The molecule has 1 N–H and O–H groups in total. The van der Waals surface area contributed by atoms with E-state index in [1.54, 1.807) is 28.0 Å². The van der Waals surface area contributed by atoms with Crippen molar-refractivity contribution in [3.05, 3.63) is 55.4 Å². The molecule has 3 aromatic rings. The molecule has 0 radical (unpaired) electrons. The van der Waals surface area contributed by atoms with Crippen LogP contribution in [-0.4, -0.2) is 33.4 Å². The van der Waals surface area contributed by atoms with Gasteiger partial charge < -0.3 is 5.32 Å². The molecule has 2 heterocycles. The van der Waals surface area contributed by atoms with Crippen LogP contribution in [0.3, 0.4) is 0 Å². The van der Waals surface area contributed by atoms with Gasteiger partial charge in [-0.05, 0) is 69.0 Å². The van der Waals surface area contributed by atoms with Crippen molar-refractivity contribution in [3.63, 3.8) is 0 Å². The molecule has 0 fully saturated rings. The molecule has 0 saturated carbocycles. The van der Waals surface area contributed by atoms with E-state index in [-0.39, 0.29) is 18.0 Å². The summed E-state index contributed by atoms with van der Waals surface area (Å²) in [5.74, 6) is 0.381. The van der Waals surface area contributed by atoms with Crippen molar-refractivity contribution in [3.8, 4) is 0 Å². The van der Waals surface area contributed by atoms with E-state index in [0.29, 0.717) is 28.5 Å². The predicted octanol–water partition coefficient (Wildman–Crippen LogP) is 4.78. The molecule has 1 amide bonds. The van der Waals surface area contributed by atoms with Gasteiger partial charge in [0, 0.05) is 15.6 Å². The third kappa shape index (κ3) is 4.60. The lowest BCUT2D eigenvalue weighted by atomic mass is 9.97. The van der Waals surface area contributed by atoms with Gasteiger partial charge in [0.05, 0.1) is 11.9 Å². The Labute approximate surface area is 197 Å². The Hall–Kier alpha value is -2.22. The van der Waals surface area contributed by atoms with E-state index in [0.717, 1.165) is 54.7 Å². The molecule has 0 saturated heterocycles. The van der Waals surface area contributed by atoms with Crippen LogP contribution in [0.25, 0.3) is 10.2 Å². The van der Waals surface area contributed by atoms with E-state index in [1.165, 1.54) is 4.88 Å². The Kier molecular flexibility index (Phi) is 6.98. The molecule has 0 bridgehead atoms. The van der Waals surface area contributed by atoms with Crippen molar-refractivity contribution < 1.29 is 4.79 Å².